The maximum atomic E-state index is 12.8. The standard InChI is InChI=1S/C28H32N2O3/c1-21-18-26(15-12-24(21)19-29)32-25-13-10-22(11-14-25)16-17-30(27(31)33-28(2,3)4)20-23-8-6-5-7-9-23/h5-15,18,21,24H,16-17,20H2,1-4H3/t21?,24-/m1/s1. The first-order chi connectivity index (χ1) is 15.7. The molecule has 0 spiro atoms. The van der Waals surface area contributed by atoms with Gasteiger partial charge in [-0.25, -0.2) is 4.79 Å². The fourth-order valence-corrected chi connectivity index (χ4v) is 3.51. The van der Waals surface area contributed by atoms with Crippen molar-refractivity contribution in [2.24, 2.45) is 11.8 Å². The van der Waals surface area contributed by atoms with Crippen LogP contribution in [0.2, 0.25) is 0 Å². The van der Waals surface area contributed by atoms with Gasteiger partial charge in [-0.05, 0) is 68.5 Å². The van der Waals surface area contributed by atoms with E-state index in [1.54, 1.807) is 4.90 Å². The highest BCUT2D eigenvalue weighted by molar-refractivity contribution is 5.68. The molecule has 2 aromatic carbocycles. The highest BCUT2D eigenvalue weighted by Gasteiger charge is 2.22. The Kier molecular flexibility index (Phi) is 7.95. The molecule has 172 valence electrons. The van der Waals surface area contributed by atoms with Gasteiger partial charge in [0, 0.05) is 13.1 Å². The van der Waals surface area contributed by atoms with Crippen molar-refractivity contribution in [3.05, 3.63) is 89.7 Å². The molecule has 0 heterocycles. The molecule has 5 nitrogen and oxygen atoms in total. The molecule has 3 rings (SSSR count). The van der Waals surface area contributed by atoms with Crippen molar-refractivity contribution < 1.29 is 14.3 Å². The first-order valence-corrected chi connectivity index (χ1v) is 11.3. The van der Waals surface area contributed by atoms with E-state index in [2.05, 4.69) is 6.07 Å². The van der Waals surface area contributed by atoms with Crippen molar-refractivity contribution in [3.63, 3.8) is 0 Å². The maximum Gasteiger partial charge on any atom is 0.410 e. The van der Waals surface area contributed by atoms with Crippen LogP contribution < -0.4 is 4.74 Å². The van der Waals surface area contributed by atoms with Crippen LogP contribution in [-0.2, 0) is 17.7 Å². The topological polar surface area (TPSA) is 62.6 Å². The second-order valence-electron chi connectivity index (χ2n) is 9.33. The third-order valence-electron chi connectivity index (χ3n) is 5.31. The Morgan fingerprint density at radius 3 is 2.36 bits per heavy atom. The van der Waals surface area contributed by atoms with Gasteiger partial charge < -0.3 is 14.4 Å². The third kappa shape index (κ3) is 7.54. The lowest BCUT2D eigenvalue weighted by atomic mass is 9.91. The van der Waals surface area contributed by atoms with Crippen molar-refractivity contribution in [3.8, 4) is 11.8 Å². The molecule has 5 heteroatoms. The second kappa shape index (κ2) is 10.9. The molecule has 33 heavy (non-hydrogen) atoms. The van der Waals surface area contributed by atoms with E-state index < -0.39 is 5.60 Å². The Morgan fingerprint density at radius 2 is 1.76 bits per heavy atom. The molecule has 0 radical (unpaired) electrons. The van der Waals surface area contributed by atoms with E-state index in [0.717, 1.165) is 22.6 Å². The zero-order chi connectivity index (χ0) is 23.8. The largest absolute Gasteiger partial charge is 0.458 e. The molecular formula is C28H32N2O3. The van der Waals surface area contributed by atoms with Crippen LogP contribution in [0.5, 0.6) is 5.75 Å². The molecule has 0 bridgehead atoms. The Balaban J connectivity index is 1.61. The average Bonchev–Trinajstić information content (AvgIpc) is 2.77. The summed E-state index contributed by atoms with van der Waals surface area (Å²) >= 11 is 0. The smallest absolute Gasteiger partial charge is 0.410 e. The van der Waals surface area contributed by atoms with Crippen LogP contribution in [0.4, 0.5) is 4.79 Å². The first kappa shape index (κ1) is 24.1. The minimum atomic E-state index is -0.544. The number of benzene rings is 2. The summed E-state index contributed by atoms with van der Waals surface area (Å²) in [6, 6.07) is 20.1. The van der Waals surface area contributed by atoms with Gasteiger partial charge in [-0.3, -0.25) is 0 Å². The van der Waals surface area contributed by atoms with E-state index >= 15 is 0 Å². The van der Waals surface area contributed by atoms with Crippen LogP contribution in [0.25, 0.3) is 0 Å². The van der Waals surface area contributed by atoms with Gasteiger partial charge >= 0.3 is 6.09 Å². The third-order valence-corrected chi connectivity index (χ3v) is 5.31. The molecule has 0 aliphatic heterocycles. The number of nitrogens with zero attached hydrogens (tertiary/aromatic N) is 2. The van der Waals surface area contributed by atoms with Gasteiger partial charge in [0.1, 0.15) is 17.1 Å². The van der Waals surface area contributed by atoms with Crippen molar-refractivity contribution in [1.29, 1.82) is 5.26 Å². The molecule has 0 N–H and O–H groups in total. The molecule has 2 aromatic rings. The number of rotatable bonds is 7. The number of nitriles is 1. The summed E-state index contributed by atoms with van der Waals surface area (Å²) in [6.45, 7) is 8.69. The molecule has 0 aromatic heterocycles. The lowest BCUT2D eigenvalue weighted by molar-refractivity contribution is 0.0236. The SMILES string of the molecule is CC1C=C(Oc2ccc(CCN(Cc3ccccc3)C(=O)OC(C)(C)C)cc2)C=C[C@@H]1C#N. The summed E-state index contributed by atoms with van der Waals surface area (Å²) in [7, 11) is 0. The van der Waals surface area contributed by atoms with Gasteiger partial charge in [0.05, 0.1) is 12.0 Å². The fraction of sp³-hybridized carbons (Fsp3) is 0.357. The van der Waals surface area contributed by atoms with Gasteiger partial charge in [-0.15, -0.1) is 0 Å². The van der Waals surface area contributed by atoms with Gasteiger partial charge in [0.25, 0.3) is 0 Å². The van der Waals surface area contributed by atoms with Crippen LogP contribution in [0, 0.1) is 23.2 Å². The zero-order valence-corrected chi connectivity index (χ0v) is 19.8. The number of ether oxygens (including phenoxy) is 2. The van der Waals surface area contributed by atoms with Gasteiger partial charge in [-0.1, -0.05) is 55.5 Å². The van der Waals surface area contributed by atoms with Crippen molar-refractivity contribution in [2.75, 3.05) is 6.54 Å². The predicted molar refractivity (Wildman–Crippen MR) is 129 cm³/mol. The summed E-state index contributed by atoms with van der Waals surface area (Å²) in [5.74, 6) is 1.51. The number of carbonyl (C=O) groups excluding carboxylic acids is 1. The fourth-order valence-electron chi connectivity index (χ4n) is 3.51. The lowest BCUT2D eigenvalue weighted by Crippen LogP contribution is -2.37. The summed E-state index contributed by atoms with van der Waals surface area (Å²) < 4.78 is 11.6. The molecule has 0 saturated carbocycles. The Hall–Kier alpha value is -3.52. The van der Waals surface area contributed by atoms with Gasteiger partial charge in [0.15, 0.2) is 0 Å². The number of hydrogen-bond donors (Lipinski definition) is 0. The predicted octanol–water partition coefficient (Wildman–Crippen LogP) is 6.27. The minimum absolute atomic E-state index is 0.108. The highest BCUT2D eigenvalue weighted by atomic mass is 16.6. The number of carbonyl (C=O) groups is 1. The average molecular weight is 445 g/mol. The highest BCUT2D eigenvalue weighted by Crippen LogP contribution is 2.25. The van der Waals surface area contributed by atoms with Crippen LogP contribution in [0.15, 0.2) is 78.6 Å². The summed E-state index contributed by atoms with van der Waals surface area (Å²) in [4.78, 5) is 14.5. The van der Waals surface area contributed by atoms with Crippen molar-refractivity contribution in [2.45, 2.75) is 46.3 Å². The van der Waals surface area contributed by atoms with Crippen LogP contribution in [-0.4, -0.2) is 23.1 Å². The Labute approximate surface area is 196 Å². The molecule has 1 unspecified atom stereocenters. The number of amides is 1. The second-order valence-corrected chi connectivity index (χ2v) is 9.33. The molecule has 1 amide bonds. The van der Waals surface area contributed by atoms with Crippen LogP contribution >= 0.6 is 0 Å². The molecular weight excluding hydrogens is 412 g/mol. The monoisotopic (exact) mass is 444 g/mol. The minimum Gasteiger partial charge on any atom is -0.458 e. The van der Waals surface area contributed by atoms with E-state index in [1.165, 1.54) is 0 Å². The van der Waals surface area contributed by atoms with Crippen LogP contribution in [0.3, 0.4) is 0 Å². The lowest BCUT2D eigenvalue weighted by Gasteiger charge is -2.27. The molecule has 2 atom stereocenters. The van der Waals surface area contributed by atoms with E-state index in [-0.39, 0.29) is 17.9 Å². The van der Waals surface area contributed by atoms with Gasteiger partial charge in [0.2, 0.25) is 0 Å². The molecule has 0 saturated heterocycles. The summed E-state index contributed by atoms with van der Waals surface area (Å²) in [5.41, 5.74) is 1.63. The van der Waals surface area contributed by atoms with E-state index in [1.807, 2.05) is 101 Å². The first-order valence-electron chi connectivity index (χ1n) is 11.3. The number of allylic oxidation sites excluding steroid dienone is 3. The van der Waals surface area contributed by atoms with E-state index in [0.29, 0.717) is 19.5 Å². The Bertz CT molecular complexity index is 1030. The van der Waals surface area contributed by atoms with Gasteiger partial charge in [-0.2, -0.15) is 5.26 Å². The van der Waals surface area contributed by atoms with Crippen molar-refractivity contribution >= 4 is 6.09 Å². The number of hydrogen-bond acceptors (Lipinski definition) is 4. The Morgan fingerprint density at radius 1 is 1.06 bits per heavy atom. The van der Waals surface area contributed by atoms with Crippen LogP contribution in [0.1, 0.15) is 38.8 Å². The maximum absolute atomic E-state index is 12.8. The van der Waals surface area contributed by atoms with Crippen molar-refractivity contribution in [1.82, 2.24) is 4.90 Å². The molecule has 1 aliphatic rings. The quantitative estimate of drug-likeness (QED) is 0.504. The molecule has 1 aliphatic carbocycles. The molecule has 0 fully saturated rings. The summed E-state index contributed by atoms with van der Waals surface area (Å²) in [5, 5.41) is 9.13. The van der Waals surface area contributed by atoms with E-state index in [4.69, 9.17) is 14.7 Å². The summed E-state index contributed by atoms with van der Waals surface area (Å²) in [6.07, 6.45) is 6.10. The van der Waals surface area contributed by atoms with E-state index in [9.17, 15) is 4.79 Å². The normalized spacial score (nSPS) is 17.6. The zero-order valence-electron chi connectivity index (χ0n) is 19.8.